The van der Waals surface area contributed by atoms with Crippen LogP contribution in [0.4, 0.5) is 0 Å². The number of nitrogens with zero attached hydrogens (tertiary/aromatic N) is 3. The van der Waals surface area contributed by atoms with Gasteiger partial charge in [-0.25, -0.2) is 0 Å². The standard InChI is InChI=1S/C16H19BrN4O/c1-12-2-4-13(5-3-12)11-20-6-8-21(9-7-20)16(22)15-14(17)10-18-19-15/h2-5,10H,6-9,11H2,1H3,(H,18,19). The van der Waals surface area contributed by atoms with Crippen molar-refractivity contribution in [3.05, 3.63) is 51.8 Å². The Morgan fingerprint density at radius 3 is 2.50 bits per heavy atom. The van der Waals surface area contributed by atoms with E-state index in [1.165, 1.54) is 11.1 Å². The predicted molar refractivity (Wildman–Crippen MR) is 88.6 cm³/mol. The van der Waals surface area contributed by atoms with Crippen LogP contribution in [0.15, 0.2) is 34.9 Å². The Bertz CT molecular complexity index is 644. The van der Waals surface area contributed by atoms with Gasteiger partial charge in [0, 0.05) is 32.7 Å². The van der Waals surface area contributed by atoms with Crippen molar-refractivity contribution in [2.45, 2.75) is 13.5 Å². The number of aromatic amines is 1. The lowest BCUT2D eigenvalue weighted by atomic mass is 10.1. The highest BCUT2D eigenvalue weighted by Crippen LogP contribution is 2.17. The van der Waals surface area contributed by atoms with Gasteiger partial charge in [0.15, 0.2) is 0 Å². The molecular formula is C16H19BrN4O. The molecule has 1 saturated heterocycles. The van der Waals surface area contributed by atoms with Crippen molar-refractivity contribution in [2.24, 2.45) is 0 Å². The zero-order valence-electron chi connectivity index (χ0n) is 12.6. The molecule has 0 unspecified atom stereocenters. The number of nitrogens with one attached hydrogen (secondary N) is 1. The molecule has 1 fully saturated rings. The summed E-state index contributed by atoms with van der Waals surface area (Å²) in [5, 5.41) is 6.64. The van der Waals surface area contributed by atoms with Gasteiger partial charge in [0.25, 0.3) is 5.91 Å². The van der Waals surface area contributed by atoms with E-state index in [2.05, 4.69) is 62.2 Å². The normalized spacial score (nSPS) is 16.0. The average molecular weight is 363 g/mol. The molecule has 0 radical (unpaired) electrons. The molecule has 5 nitrogen and oxygen atoms in total. The first kappa shape index (κ1) is 15.2. The number of aromatic nitrogens is 2. The lowest BCUT2D eigenvalue weighted by molar-refractivity contribution is 0.0622. The minimum Gasteiger partial charge on any atom is -0.335 e. The zero-order valence-corrected chi connectivity index (χ0v) is 14.1. The van der Waals surface area contributed by atoms with E-state index in [1.807, 2.05) is 4.90 Å². The van der Waals surface area contributed by atoms with Crippen LogP contribution in [0.3, 0.4) is 0 Å². The van der Waals surface area contributed by atoms with Crippen molar-refractivity contribution in [3.8, 4) is 0 Å². The van der Waals surface area contributed by atoms with Gasteiger partial charge in [0.2, 0.25) is 0 Å². The molecule has 1 aromatic carbocycles. The van der Waals surface area contributed by atoms with Crippen molar-refractivity contribution >= 4 is 21.8 Å². The number of rotatable bonds is 3. The number of amides is 1. The molecule has 1 N–H and O–H groups in total. The molecule has 0 aliphatic carbocycles. The van der Waals surface area contributed by atoms with Crippen LogP contribution in [0, 0.1) is 6.92 Å². The lowest BCUT2D eigenvalue weighted by Gasteiger charge is -2.34. The van der Waals surface area contributed by atoms with E-state index in [1.54, 1.807) is 6.20 Å². The Balaban J connectivity index is 1.55. The van der Waals surface area contributed by atoms with E-state index in [-0.39, 0.29) is 5.91 Å². The van der Waals surface area contributed by atoms with Crippen LogP contribution in [0.5, 0.6) is 0 Å². The predicted octanol–water partition coefficient (Wildman–Crippen LogP) is 2.44. The number of hydrogen-bond donors (Lipinski definition) is 1. The summed E-state index contributed by atoms with van der Waals surface area (Å²) in [4.78, 5) is 16.7. The fourth-order valence-corrected chi connectivity index (χ4v) is 3.00. The molecular weight excluding hydrogens is 344 g/mol. The zero-order chi connectivity index (χ0) is 15.5. The third kappa shape index (κ3) is 3.39. The summed E-state index contributed by atoms with van der Waals surface area (Å²) in [7, 11) is 0. The van der Waals surface area contributed by atoms with Crippen LogP contribution in [0.2, 0.25) is 0 Å². The molecule has 2 aromatic rings. The molecule has 0 spiro atoms. The highest BCUT2D eigenvalue weighted by atomic mass is 79.9. The second-order valence-electron chi connectivity index (χ2n) is 5.65. The van der Waals surface area contributed by atoms with E-state index in [0.29, 0.717) is 5.69 Å². The molecule has 3 rings (SSSR count). The van der Waals surface area contributed by atoms with Gasteiger partial charge in [-0.2, -0.15) is 5.10 Å². The molecule has 116 valence electrons. The van der Waals surface area contributed by atoms with Crippen molar-refractivity contribution in [1.29, 1.82) is 0 Å². The van der Waals surface area contributed by atoms with Crippen molar-refractivity contribution in [2.75, 3.05) is 26.2 Å². The van der Waals surface area contributed by atoms with Gasteiger partial charge in [-0.15, -0.1) is 0 Å². The molecule has 1 aliphatic heterocycles. The number of halogens is 1. The van der Waals surface area contributed by atoms with Gasteiger partial charge in [-0.05, 0) is 28.4 Å². The summed E-state index contributed by atoms with van der Waals surface area (Å²) < 4.78 is 0.722. The number of carbonyl (C=O) groups is 1. The maximum atomic E-state index is 12.4. The van der Waals surface area contributed by atoms with Gasteiger partial charge in [0.1, 0.15) is 5.69 Å². The number of H-pyrrole nitrogens is 1. The second kappa shape index (κ2) is 6.62. The van der Waals surface area contributed by atoms with E-state index in [0.717, 1.165) is 37.2 Å². The van der Waals surface area contributed by atoms with Gasteiger partial charge in [-0.1, -0.05) is 29.8 Å². The fraction of sp³-hybridized carbons (Fsp3) is 0.375. The Hall–Kier alpha value is -1.66. The summed E-state index contributed by atoms with van der Waals surface area (Å²) in [5.74, 6) is 0.0133. The highest BCUT2D eigenvalue weighted by molar-refractivity contribution is 9.10. The SMILES string of the molecule is Cc1ccc(CN2CCN(C(=O)c3[nH]ncc3Br)CC2)cc1. The summed E-state index contributed by atoms with van der Waals surface area (Å²) in [6.07, 6.45) is 1.61. The molecule has 0 bridgehead atoms. The number of aryl methyl sites for hydroxylation is 1. The maximum absolute atomic E-state index is 12.4. The number of piperazine rings is 1. The molecule has 1 amide bonds. The van der Waals surface area contributed by atoms with E-state index in [4.69, 9.17) is 0 Å². The molecule has 1 aliphatic rings. The first-order chi connectivity index (χ1) is 10.6. The molecule has 6 heteroatoms. The largest absolute Gasteiger partial charge is 0.335 e. The van der Waals surface area contributed by atoms with E-state index >= 15 is 0 Å². The Morgan fingerprint density at radius 2 is 1.91 bits per heavy atom. The average Bonchev–Trinajstić information content (AvgIpc) is 2.96. The van der Waals surface area contributed by atoms with Crippen LogP contribution in [-0.4, -0.2) is 52.1 Å². The molecule has 1 aromatic heterocycles. The van der Waals surface area contributed by atoms with Crippen LogP contribution >= 0.6 is 15.9 Å². The van der Waals surface area contributed by atoms with Gasteiger partial charge < -0.3 is 4.90 Å². The highest BCUT2D eigenvalue weighted by Gasteiger charge is 2.24. The molecule has 22 heavy (non-hydrogen) atoms. The van der Waals surface area contributed by atoms with E-state index < -0.39 is 0 Å². The quantitative estimate of drug-likeness (QED) is 0.912. The molecule has 0 atom stereocenters. The summed E-state index contributed by atoms with van der Waals surface area (Å²) in [6.45, 7) is 6.32. The van der Waals surface area contributed by atoms with Crippen molar-refractivity contribution in [3.63, 3.8) is 0 Å². The van der Waals surface area contributed by atoms with Crippen LogP contribution < -0.4 is 0 Å². The summed E-state index contributed by atoms with van der Waals surface area (Å²) >= 11 is 3.34. The smallest absolute Gasteiger partial charge is 0.273 e. The van der Waals surface area contributed by atoms with Crippen molar-refractivity contribution in [1.82, 2.24) is 20.0 Å². The summed E-state index contributed by atoms with van der Waals surface area (Å²) in [6, 6.07) is 8.64. The van der Waals surface area contributed by atoms with Crippen molar-refractivity contribution < 1.29 is 4.79 Å². The second-order valence-corrected chi connectivity index (χ2v) is 6.50. The minimum atomic E-state index is 0.0133. The monoisotopic (exact) mass is 362 g/mol. The third-order valence-corrected chi connectivity index (χ3v) is 4.59. The van der Waals surface area contributed by atoms with Gasteiger partial charge >= 0.3 is 0 Å². The topological polar surface area (TPSA) is 52.2 Å². The first-order valence-corrected chi connectivity index (χ1v) is 8.19. The Morgan fingerprint density at radius 1 is 1.23 bits per heavy atom. The lowest BCUT2D eigenvalue weighted by Crippen LogP contribution is -2.48. The fourth-order valence-electron chi connectivity index (χ4n) is 2.64. The number of hydrogen-bond acceptors (Lipinski definition) is 3. The van der Waals surface area contributed by atoms with Crippen LogP contribution in [0.1, 0.15) is 21.6 Å². The minimum absolute atomic E-state index is 0.0133. The first-order valence-electron chi connectivity index (χ1n) is 7.39. The number of carbonyl (C=O) groups excluding carboxylic acids is 1. The van der Waals surface area contributed by atoms with Gasteiger partial charge in [-0.3, -0.25) is 14.8 Å². The Kier molecular flexibility index (Phi) is 4.59. The third-order valence-electron chi connectivity index (χ3n) is 3.99. The molecule has 2 heterocycles. The number of benzene rings is 1. The van der Waals surface area contributed by atoms with Gasteiger partial charge in [0.05, 0.1) is 10.7 Å². The molecule has 0 saturated carbocycles. The Labute approximate surface area is 138 Å². The summed E-state index contributed by atoms with van der Waals surface area (Å²) in [5.41, 5.74) is 3.14. The maximum Gasteiger partial charge on any atom is 0.273 e. The van der Waals surface area contributed by atoms with Crippen LogP contribution in [-0.2, 0) is 6.54 Å². The van der Waals surface area contributed by atoms with E-state index in [9.17, 15) is 4.79 Å². The van der Waals surface area contributed by atoms with Crippen LogP contribution in [0.25, 0.3) is 0 Å².